The van der Waals surface area contributed by atoms with E-state index in [9.17, 15) is 4.39 Å². The fourth-order valence-electron chi connectivity index (χ4n) is 3.00. The minimum Gasteiger partial charge on any atom is -0.379 e. The molecule has 0 aliphatic carbocycles. The second kappa shape index (κ2) is 6.63. The van der Waals surface area contributed by atoms with Gasteiger partial charge in [0.1, 0.15) is 5.82 Å². The summed E-state index contributed by atoms with van der Waals surface area (Å²) in [6.45, 7) is 7.36. The molecule has 1 aliphatic heterocycles. The maximum atomic E-state index is 14.1. The molecular weight excluding hydrogens is 257 g/mol. The summed E-state index contributed by atoms with van der Waals surface area (Å²) >= 11 is 0. The molecule has 1 aromatic carbocycles. The van der Waals surface area contributed by atoms with Crippen LogP contribution in [-0.2, 0) is 4.74 Å². The van der Waals surface area contributed by atoms with Crippen molar-refractivity contribution >= 4 is 0 Å². The van der Waals surface area contributed by atoms with Crippen molar-refractivity contribution in [1.82, 2.24) is 10.3 Å². The molecule has 1 saturated heterocycles. The van der Waals surface area contributed by atoms with Gasteiger partial charge in [-0.3, -0.25) is 16.2 Å². The number of hydrogen-bond acceptors (Lipinski definition) is 4. The number of nitrogens with one attached hydrogen (secondary N) is 1. The van der Waals surface area contributed by atoms with E-state index in [0.717, 1.165) is 19.5 Å². The molecule has 20 heavy (non-hydrogen) atoms. The lowest BCUT2D eigenvalue weighted by Gasteiger charge is -2.47. The van der Waals surface area contributed by atoms with Gasteiger partial charge in [-0.25, -0.2) is 4.39 Å². The quantitative estimate of drug-likeness (QED) is 0.638. The average Bonchev–Trinajstić information content (AvgIpc) is 2.50. The number of morpholine rings is 1. The summed E-state index contributed by atoms with van der Waals surface area (Å²) in [7, 11) is 0. The molecule has 0 radical (unpaired) electrons. The van der Waals surface area contributed by atoms with E-state index < -0.39 is 0 Å². The van der Waals surface area contributed by atoms with E-state index >= 15 is 0 Å². The monoisotopic (exact) mass is 281 g/mol. The summed E-state index contributed by atoms with van der Waals surface area (Å²) in [5.74, 6) is 5.55. The van der Waals surface area contributed by atoms with Crippen LogP contribution in [0.4, 0.5) is 4.39 Å². The molecule has 4 nitrogen and oxygen atoms in total. The largest absolute Gasteiger partial charge is 0.379 e. The first-order valence-corrected chi connectivity index (χ1v) is 7.17. The maximum Gasteiger partial charge on any atom is 0.128 e. The molecule has 0 aromatic heterocycles. The molecule has 3 N–H and O–H groups in total. The number of hydrogen-bond donors (Lipinski definition) is 2. The number of ether oxygens (including phenoxy) is 1. The summed E-state index contributed by atoms with van der Waals surface area (Å²) in [6.07, 6.45) is 0.871. The van der Waals surface area contributed by atoms with Crippen LogP contribution in [0.2, 0.25) is 0 Å². The highest BCUT2D eigenvalue weighted by molar-refractivity contribution is 5.25. The van der Waals surface area contributed by atoms with E-state index in [4.69, 9.17) is 10.6 Å². The van der Waals surface area contributed by atoms with Crippen molar-refractivity contribution in [2.45, 2.75) is 31.8 Å². The summed E-state index contributed by atoms with van der Waals surface area (Å²) in [5.41, 5.74) is 3.19. The third-order valence-corrected chi connectivity index (χ3v) is 4.45. The molecule has 0 saturated carbocycles. The van der Waals surface area contributed by atoms with Crippen LogP contribution in [0.5, 0.6) is 0 Å². The molecule has 2 rings (SSSR count). The number of benzene rings is 1. The zero-order valence-electron chi connectivity index (χ0n) is 12.2. The van der Waals surface area contributed by atoms with Crippen LogP contribution < -0.4 is 11.3 Å². The van der Waals surface area contributed by atoms with Crippen LogP contribution in [0, 0.1) is 5.82 Å². The fourth-order valence-corrected chi connectivity index (χ4v) is 3.00. The van der Waals surface area contributed by atoms with Gasteiger partial charge in [-0.1, -0.05) is 25.1 Å². The highest BCUT2D eigenvalue weighted by Crippen LogP contribution is 2.35. The van der Waals surface area contributed by atoms with Gasteiger partial charge in [-0.05, 0) is 19.4 Å². The maximum absolute atomic E-state index is 14.1. The molecule has 5 heteroatoms. The van der Waals surface area contributed by atoms with Crippen LogP contribution in [0.3, 0.4) is 0 Å². The Kier molecular flexibility index (Phi) is 5.10. The molecule has 2 unspecified atom stereocenters. The Labute approximate surface area is 120 Å². The van der Waals surface area contributed by atoms with Gasteiger partial charge in [0.2, 0.25) is 0 Å². The number of nitrogens with zero attached hydrogens (tertiary/aromatic N) is 1. The van der Waals surface area contributed by atoms with Crippen molar-refractivity contribution in [2.75, 3.05) is 26.3 Å². The second-order valence-corrected chi connectivity index (χ2v) is 5.43. The SMILES string of the molecule is CCC(C)(C(NN)c1ccccc1F)N1CCOCC1. The summed E-state index contributed by atoms with van der Waals surface area (Å²) < 4.78 is 19.5. The Morgan fingerprint density at radius 1 is 1.40 bits per heavy atom. The first-order valence-electron chi connectivity index (χ1n) is 7.17. The topological polar surface area (TPSA) is 50.5 Å². The molecule has 1 heterocycles. The van der Waals surface area contributed by atoms with E-state index in [1.54, 1.807) is 12.1 Å². The minimum atomic E-state index is -0.258. The third kappa shape index (κ3) is 2.86. The number of hydrazine groups is 1. The highest BCUT2D eigenvalue weighted by Gasteiger charge is 2.40. The van der Waals surface area contributed by atoms with Crippen molar-refractivity contribution in [3.8, 4) is 0 Å². The molecule has 2 atom stereocenters. The van der Waals surface area contributed by atoms with Gasteiger partial charge in [-0.15, -0.1) is 0 Å². The first-order chi connectivity index (χ1) is 9.63. The van der Waals surface area contributed by atoms with Crippen molar-refractivity contribution in [3.05, 3.63) is 35.6 Å². The van der Waals surface area contributed by atoms with Gasteiger partial charge < -0.3 is 4.74 Å². The lowest BCUT2D eigenvalue weighted by atomic mass is 9.82. The summed E-state index contributed by atoms with van der Waals surface area (Å²) in [4.78, 5) is 2.34. The van der Waals surface area contributed by atoms with E-state index in [-0.39, 0.29) is 17.4 Å². The average molecular weight is 281 g/mol. The molecule has 0 amide bonds. The van der Waals surface area contributed by atoms with Crippen LogP contribution in [-0.4, -0.2) is 36.7 Å². The molecule has 1 fully saturated rings. The number of halogens is 1. The third-order valence-electron chi connectivity index (χ3n) is 4.45. The van der Waals surface area contributed by atoms with Crippen LogP contribution in [0.15, 0.2) is 24.3 Å². The van der Waals surface area contributed by atoms with Crippen molar-refractivity contribution in [1.29, 1.82) is 0 Å². The van der Waals surface area contributed by atoms with Crippen molar-refractivity contribution in [3.63, 3.8) is 0 Å². The smallest absolute Gasteiger partial charge is 0.128 e. The second-order valence-electron chi connectivity index (χ2n) is 5.43. The molecular formula is C15H24FN3O. The summed E-state index contributed by atoms with van der Waals surface area (Å²) in [5, 5.41) is 0. The number of nitrogens with two attached hydrogens (primary N) is 1. The predicted molar refractivity (Wildman–Crippen MR) is 77.6 cm³/mol. The molecule has 112 valence electrons. The van der Waals surface area contributed by atoms with E-state index in [0.29, 0.717) is 18.8 Å². The Morgan fingerprint density at radius 3 is 2.60 bits per heavy atom. The van der Waals surface area contributed by atoms with E-state index in [1.807, 2.05) is 6.07 Å². The van der Waals surface area contributed by atoms with Gasteiger partial charge in [0, 0.05) is 24.2 Å². The van der Waals surface area contributed by atoms with E-state index in [1.165, 1.54) is 6.07 Å². The molecule has 1 aliphatic rings. The van der Waals surface area contributed by atoms with Gasteiger partial charge in [0.05, 0.1) is 19.3 Å². The van der Waals surface area contributed by atoms with Gasteiger partial charge >= 0.3 is 0 Å². The van der Waals surface area contributed by atoms with Crippen molar-refractivity contribution in [2.24, 2.45) is 5.84 Å². The zero-order chi connectivity index (χ0) is 14.6. The van der Waals surface area contributed by atoms with Crippen LogP contribution >= 0.6 is 0 Å². The minimum absolute atomic E-state index is 0.219. The fraction of sp³-hybridized carbons (Fsp3) is 0.600. The molecule has 1 aromatic rings. The zero-order valence-corrected chi connectivity index (χ0v) is 12.2. The standard InChI is InChI=1S/C15H24FN3O/c1-3-15(2,19-8-10-20-11-9-19)14(18-17)12-6-4-5-7-13(12)16/h4-7,14,18H,3,8-11,17H2,1-2H3. The molecule has 0 bridgehead atoms. The summed E-state index contributed by atoms with van der Waals surface area (Å²) in [6, 6.07) is 6.57. The lowest BCUT2D eigenvalue weighted by molar-refractivity contribution is -0.0333. The van der Waals surface area contributed by atoms with Crippen molar-refractivity contribution < 1.29 is 9.13 Å². The van der Waals surface area contributed by atoms with Crippen LogP contribution in [0.1, 0.15) is 31.9 Å². The molecule has 0 spiro atoms. The van der Waals surface area contributed by atoms with Gasteiger partial charge in [-0.2, -0.15) is 0 Å². The Bertz CT molecular complexity index is 437. The number of rotatable bonds is 5. The normalized spacial score (nSPS) is 21.4. The van der Waals surface area contributed by atoms with Gasteiger partial charge in [0.25, 0.3) is 0 Å². The first kappa shape index (κ1) is 15.4. The Morgan fingerprint density at radius 2 is 2.05 bits per heavy atom. The lowest BCUT2D eigenvalue weighted by Crippen LogP contribution is -2.58. The van der Waals surface area contributed by atoms with Crippen LogP contribution in [0.25, 0.3) is 0 Å². The van der Waals surface area contributed by atoms with Gasteiger partial charge in [0.15, 0.2) is 0 Å². The highest BCUT2D eigenvalue weighted by atomic mass is 19.1. The Balaban J connectivity index is 2.33. The predicted octanol–water partition coefficient (Wildman–Crippen LogP) is 1.83. The van der Waals surface area contributed by atoms with E-state index in [2.05, 4.69) is 24.2 Å². The Hall–Kier alpha value is -1.01.